The third-order valence-corrected chi connectivity index (χ3v) is 11.6. The lowest BCUT2D eigenvalue weighted by molar-refractivity contribution is -0.468. The lowest BCUT2D eigenvalue weighted by atomic mass is 9.51. The Kier molecular flexibility index (Phi) is 5.83. The van der Waals surface area contributed by atoms with Crippen LogP contribution in [0.5, 0.6) is 0 Å². The van der Waals surface area contributed by atoms with E-state index in [2.05, 4.69) is 27.7 Å². The Morgan fingerprint density at radius 3 is 2.31 bits per heavy atom. The summed E-state index contributed by atoms with van der Waals surface area (Å²) in [4.78, 5) is 12.8. The average molecular weight is 489 g/mol. The number of rotatable bonds is 3. The molecule has 0 aromatic rings. The van der Waals surface area contributed by atoms with Gasteiger partial charge in [0.2, 0.25) is 0 Å². The van der Waals surface area contributed by atoms with Gasteiger partial charge in [0, 0.05) is 23.7 Å². The number of allylic oxidation sites excluding steroid dienone is 1. The summed E-state index contributed by atoms with van der Waals surface area (Å²) in [6, 6.07) is 0. The first-order valence-electron chi connectivity index (χ1n) is 14.1. The molecule has 4 aliphatic heterocycles. The Hall–Kier alpha value is -0.750. The van der Waals surface area contributed by atoms with Gasteiger partial charge in [0.05, 0.1) is 12.2 Å². The molecule has 0 aromatic carbocycles. The smallest absolute Gasteiger partial charge is 0.195 e. The molecule has 35 heavy (non-hydrogen) atoms. The third-order valence-electron chi connectivity index (χ3n) is 11.6. The average Bonchev–Trinajstić information content (AvgIpc) is 2.85. The SMILES string of the molecule is CC1=C(CC[C@]2(C)[C@@H](C)CC[C@@H]3O[C@]4(O)CC[C@@]32OC4(C)C)[C@]2(C)CCC(=O)C(C)(C)O[C@H]2CC1. The van der Waals surface area contributed by atoms with E-state index >= 15 is 0 Å². The second kappa shape index (κ2) is 7.88. The molecule has 4 heterocycles. The highest BCUT2D eigenvalue weighted by atomic mass is 16.7. The van der Waals surface area contributed by atoms with Crippen LogP contribution < -0.4 is 0 Å². The number of carbonyl (C=O) groups is 1. The van der Waals surface area contributed by atoms with Crippen LogP contribution in [-0.2, 0) is 19.0 Å². The first-order chi connectivity index (χ1) is 16.1. The molecule has 2 aliphatic carbocycles. The lowest BCUT2D eigenvalue weighted by Crippen LogP contribution is -2.78. The van der Waals surface area contributed by atoms with Gasteiger partial charge < -0.3 is 19.3 Å². The highest BCUT2D eigenvalue weighted by molar-refractivity contribution is 5.86. The normalized spacial score (nSPS) is 48.8. The van der Waals surface area contributed by atoms with Crippen LogP contribution >= 0.6 is 0 Å². The van der Waals surface area contributed by atoms with E-state index in [1.165, 1.54) is 11.1 Å². The fraction of sp³-hybridized carbons (Fsp3) is 0.900. The molecule has 6 rings (SSSR count). The summed E-state index contributed by atoms with van der Waals surface area (Å²) in [5.74, 6) is -0.466. The van der Waals surface area contributed by atoms with Gasteiger partial charge in [0.1, 0.15) is 16.8 Å². The van der Waals surface area contributed by atoms with E-state index in [9.17, 15) is 9.90 Å². The molecular weight excluding hydrogens is 440 g/mol. The summed E-state index contributed by atoms with van der Waals surface area (Å²) in [7, 11) is 0. The molecule has 0 radical (unpaired) electrons. The quantitative estimate of drug-likeness (QED) is 0.475. The van der Waals surface area contributed by atoms with Crippen LogP contribution in [0.3, 0.4) is 0 Å². The minimum atomic E-state index is -1.19. The van der Waals surface area contributed by atoms with Crippen LogP contribution in [0.1, 0.15) is 120 Å². The molecule has 5 heteroatoms. The second-order valence-corrected chi connectivity index (χ2v) is 14.0. The number of Topliss-reactive ketones (excluding diaryl/α,β-unsaturated/α-hetero) is 1. The first-order valence-corrected chi connectivity index (χ1v) is 14.1. The summed E-state index contributed by atoms with van der Waals surface area (Å²) in [5.41, 5.74) is 1.03. The van der Waals surface area contributed by atoms with Gasteiger partial charge in [-0.2, -0.15) is 0 Å². The molecule has 198 valence electrons. The first kappa shape index (κ1) is 25.9. The highest BCUT2D eigenvalue weighted by Gasteiger charge is 2.71. The van der Waals surface area contributed by atoms with Crippen molar-refractivity contribution in [3.63, 3.8) is 0 Å². The van der Waals surface area contributed by atoms with Gasteiger partial charge in [-0.1, -0.05) is 31.9 Å². The predicted molar refractivity (Wildman–Crippen MR) is 136 cm³/mol. The van der Waals surface area contributed by atoms with Crippen molar-refractivity contribution in [1.82, 2.24) is 0 Å². The summed E-state index contributed by atoms with van der Waals surface area (Å²) in [6.45, 7) is 17.3. The lowest BCUT2D eigenvalue weighted by Gasteiger charge is -2.70. The van der Waals surface area contributed by atoms with Gasteiger partial charge in [0.25, 0.3) is 0 Å². The van der Waals surface area contributed by atoms with Crippen LogP contribution in [0, 0.1) is 16.7 Å². The van der Waals surface area contributed by atoms with E-state index in [4.69, 9.17) is 14.2 Å². The summed E-state index contributed by atoms with van der Waals surface area (Å²) in [5, 5.41) is 11.2. The second-order valence-electron chi connectivity index (χ2n) is 14.0. The van der Waals surface area contributed by atoms with Gasteiger partial charge in [-0.15, -0.1) is 0 Å². The molecule has 5 fully saturated rings. The molecule has 0 unspecified atom stereocenters. The van der Waals surface area contributed by atoms with E-state index in [0.29, 0.717) is 18.8 Å². The summed E-state index contributed by atoms with van der Waals surface area (Å²) < 4.78 is 20.0. The summed E-state index contributed by atoms with van der Waals surface area (Å²) >= 11 is 0. The van der Waals surface area contributed by atoms with Gasteiger partial charge in [-0.05, 0) is 91.9 Å². The van der Waals surface area contributed by atoms with Crippen molar-refractivity contribution in [1.29, 1.82) is 0 Å². The highest BCUT2D eigenvalue weighted by Crippen LogP contribution is 2.65. The van der Waals surface area contributed by atoms with Crippen molar-refractivity contribution in [2.75, 3.05) is 0 Å². The Labute approximate surface area is 212 Å². The number of ether oxygens (including phenoxy) is 3. The Morgan fingerprint density at radius 2 is 1.63 bits per heavy atom. The molecule has 1 saturated carbocycles. The number of hydrogen-bond donors (Lipinski definition) is 1. The van der Waals surface area contributed by atoms with Crippen LogP contribution in [0.4, 0.5) is 0 Å². The van der Waals surface area contributed by atoms with Crippen molar-refractivity contribution in [2.24, 2.45) is 16.7 Å². The largest absolute Gasteiger partial charge is 0.364 e. The number of carbonyl (C=O) groups excluding carboxylic acids is 1. The van der Waals surface area contributed by atoms with Gasteiger partial charge in [-0.25, -0.2) is 0 Å². The van der Waals surface area contributed by atoms with Gasteiger partial charge in [-0.3, -0.25) is 4.79 Å². The Bertz CT molecular complexity index is 935. The van der Waals surface area contributed by atoms with Crippen LogP contribution in [-0.4, -0.2) is 45.7 Å². The Balaban J connectivity index is 1.46. The zero-order valence-corrected chi connectivity index (χ0v) is 23.4. The van der Waals surface area contributed by atoms with Crippen molar-refractivity contribution < 1.29 is 24.1 Å². The molecule has 1 spiro atoms. The monoisotopic (exact) mass is 488 g/mol. The molecular formula is C30H48O5. The molecule has 0 amide bonds. The van der Waals surface area contributed by atoms with Crippen LogP contribution in [0.15, 0.2) is 11.1 Å². The standard InChI is InChI=1S/C30H48O5/c1-19-9-11-23-27(7,15-14-22(31)25(3,4)33-23)21(19)13-16-28(8)20(2)10-12-24-29(28)17-18-30(32,34-24)26(5,6)35-29/h20,23-24,32H,9-18H2,1-8H3/t20-,23-,24-,27-,28+,29+,30+/m0/s1. The molecule has 0 aromatic heterocycles. The van der Waals surface area contributed by atoms with E-state index in [-0.39, 0.29) is 34.4 Å². The maximum atomic E-state index is 12.8. The van der Waals surface area contributed by atoms with Crippen LogP contribution in [0.2, 0.25) is 0 Å². The fourth-order valence-corrected chi connectivity index (χ4v) is 8.64. The minimum Gasteiger partial charge on any atom is -0.364 e. The minimum absolute atomic E-state index is 0.0557. The summed E-state index contributed by atoms with van der Waals surface area (Å²) in [6.07, 6.45) is 9.05. The van der Waals surface area contributed by atoms with Gasteiger partial charge >= 0.3 is 0 Å². The van der Waals surface area contributed by atoms with E-state index in [1.807, 2.05) is 27.7 Å². The van der Waals surface area contributed by atoms with E-state index in [0.717, 1.165) is 51.4 Å². The molecule has 5 nitrogen and oxygen atoms in total. The molecule has 6 aliphatic rings. The van der Waals surface area contributed by atoms with Gasteiger partial charge in [0.15, 0.2) is 11.6 Å². The Morgan fingerprint density at radius 1 is 0.914 bits per heavy atom. The van der Waals surface area contributed by atoms with Crippen molar-refractivity contribution in [3.8, 4) is 0 Å². The number of hydrogen-bond acceptors (Lipinski definition) is 5. The fourth-order valence-electron chi connectivity index (χ4n) is 8.64. The van der Waals surface area contributed by atoms with Crippen molar-refractivity contribution >= 4 is 5.78 Å². The number of aliphatic hydroxyl groups is 1. The van der Waals surface area contributed by atoms with Crippen molar-refractivity contribution in [2.45, 2.75) is 154 Å². The maximum absolute atomic E-state index is 12.8. The van der Waals surface area contributed by atoms with E-state index in [1.54, 1.807) is 0 Å². The molecule has 1 N–H and O–H groups in total. The molecule has 7 atom stereocenters. The molecule has 4 saturated heterocycles. The van der Waals surface area contributed by atoms with Crippen LogP contribution in [0.25, 0.3) is 0 Å². The van der Waals surface area contributed by atoms with Crippen molar-refractivity contribution in [3.05, 3.63) is 11.1 Å². The zero-order chi connectivity index (χ0) is 25.7. The predicted octanol–water partition coefficient (Wildman–Crippen LogP) is 6.26. The van der Waals surface area contributed by atoms with E-state index < -0.39 is 17.0 Å². The topological polar surface area (TPSA) is 65.0 Å². The molecule has 2 bridgehead atoms. The number of ketones is 1. The number of fused-ring (bicyclic) bond motifs is 3. The third kappa shape index (κ3) is 3.51. The zero-order valence-electron chi connectivity index (χ0n) is 23.4. The maximum Gasteiger partial charge on any atom is 0.195 e.